The Morgan fingerprint density at radius 2 is 2.00 bits per heavy atom. The molecule has 0 saturated heterocycles. The maximum Gasteiger partial charge on any atom is 0.238 e. The minimum Gasteiger partial charge on any atom is -0.325 e. The Kier molecular flexibility index (Phi) is 4.85. The van der Waals surface area contributed by atoms with Crippen LogP contribution in [0.3, 0.4) is 0 Å². The molecule has 1 aromatic carbocycles. The van der Waals surface area contributed by atoms with Gasteiger partial charge in [-0.1, -0.05) is 23.8 Å². The van der Waals surface area contributed by atoms with Gasteiger partial charge in [-0.05, 0) is 37.6 Å². The summed E-state index contributed by atoms with van der Waals surface area (Å²) in [5.74, 6) is -0.0513. The summed E-state index contributed by atoms with van der Waals surface area (Å²) in [7, 11) is 0. The zero-order valence-electron chi connectivity index (χ0n) is 11.8. The van der Waals surface area contributed by atoms with Crippen LogP contribution in [0.1, 0.15) is 24.1 Å². The Bertz CT molecular complexity index is 552. The third-order valence-electron chi connectivity index (χ3n) is 3.09. The summed E-state index contributed by atoms with van der Waals surface area (Å²) >= 11 is 0. The highest BCUT2D eigenvalue weighted by Gasteiger charge is 2.07. The lowest BCUT2D eigenvalue weighted by atomic mass is 10.1. The van der Waals surface area contributed by atoms with Crippen LogP contribution in [0, 0.1) is 6.92 Å². The number of hydrogen-bond donors (Lipinski definition) is 2. The number of anilines is 1. The molecule has 0 fully saturated rings. The smallest absolute Gasteiger partial charge is 0.238 e. The molecule has 0 aliphatic heterocycles. The lowest BCUT2D eigenvalue weighted by Crippen LogP contribution is -2.30. The molecule has 0 bridgehead atoms. The van der Waals surface area contributed by atoms with Gasteiger partial charge in [-0.25, -0.2) is 0 Å². The Morgan fingerprint density at radius 3 is 2.65 bits per heavy atom. The normalized spacial score (nSPS) is 11.9. The molecule has 2 N–H and O–H groups in total. The average molecular weight is 269 g/mol. The Labute approximate surface area is 119 Å². The highest BCUT2D eigenvalue weighted by Crippen LogP contribution is 2.10. The van der Waals surface area contributed by atoms with Crippen LogP contribution in [0.4, 0.5) is 5.69 Å². The summed E-state index contributed by atoms with van der Waals surface area (Å²) in [6.07, 6.45) is 3.54. The highest BCUT2D eigenvalue weighted by atomic mass is 16.1. The molecule has 0 spiro atoms. The molecule has 4 nitrogen and oxygen atoms in total. The first-order valence-corrected chi connectivity index (χ1v) is 6.65. The van der Waals surface area contributed by atoms with Crippen LogP contribution >= 0.6 is 0 Å². The minimum atomic E-state index is -0.0513. The maximum atomic E-state index is 11.8. The summed E-state index contributed by atoms with van der Waals surface area (Å²) in [6.45, 7) is 4.29. The standard InChI is InChI=1S/C16H19N3O/c1-12-5-7-15(8-6-12)19-16(20)11-18-13(2)14-4-3-9-17-10-14/h3-10,13,18H,11H2,1-2H3,(H,19,20)/t13-/m0/s1. The van der Waals surface area contributed by atoms with Gasteiger partial charge in [0.2, 0.25) is 5.91 Å². The third kappa shape index (κ3) is 4.17. The van der Waals surface area contributed by atoms with Crippen LogP contribution in [-0.4, -0.2) is 17.4 Å². The summed E-state index contributed by atoms with van der Waals surface area (Å²) < 4.78 is 0. The SMILES string of the molecule is Cc1ccc(NC(=O)CN[C@@H](C)c2cccnc2)cc1. The summed E-state index contributed by atoms with van der Waals surface area (Å²) in [5, 5.41) is 6.04. The van der Waals surface area contributed by atoms with Crippen LogP contribution < -0.4 is 10.6 Å². The largest absolute Gasteiger partial charge is 0.325 e. The number of benzene rings is 1. The number of pyridine rings is 1. The molecular weight excluding hydrogens is 250 g/mol. The van der Waals surface area contributed by atoms with E-state index in [1.807, 2.05) is 50.2 Å². The van der Waals surface area contributed by atoms with Crippen LogP contribution in [-0.2, 0) is 4.79 Å². The Morgan fingerprint density at radius 1 is 1.25 bits per heavy atom. The van der Waals surface area contributed by atoms with E-state index >= 15 is 0 Å². The van der Waals surface area contributed by atoms with Crippen molar-refractivity contribution in [1.29, 1.82) is 0 Å². The van der Waals surface area contributed by atoms with Crippen molar-refractivity contribution >= 4 is 11.6 Å². The van der Waals surface area contributed by atoms with Crippen LogP contribution in [0.25, 0.3) is 0 Å². The molecule has 20 heavy (non-hydrogen) atoms. The van der Waals surface area contributed by atoms with Gasteiger partial charge >= 0.3 is 0 Å². The number of carbonyl (C=O) groups is 1. The fourth-order valence-corrected chi connectivity index (χ4v) is 1.84. The third-order valence-corrected chi connectivity index (χ3v) is 3.09. The van der Waals surface area contributed by atoms with E-state index < -0.39 is 0 Å². The molecule has 4 heteroatoms. The van der Waals surface area contributed by atoms with Gasteiger partial charge in [0.15, 0.2) is 0 Å². The van der Waals surface area contributed by atoms with Gasteiger partial charge in [0.05, 0.1) is 6.54 Å². The molecule has 0 aliphatic carbocycles. The molecule has 2 rings (SSSR count). The van der Waals surface area contributed by atoms with E-state index in [-0.39, 0.29) is 18.5 Å². The molecule has 1 atom stereocenters. The van der Waals surface area contributed by atoms with Crippen molar-refractivity contribution in [3.8, 4) is 0 Å². The summed E-state index contributed by atoms with van der Waals surface area (Å²) in [6, 6.07) is 11.7. The molecule has 1 amide bonds. The highest BCUT2D eigenvalue weighted by molar-refractivity contribution is 5.92. The first-order valence-electron chi connectivity index (χ1n) is 6.65. The van der Waals surface area contributed by atoms with Crippen molar-refractivity contribution in [3.05, 3.63) is 59.9 Å². The van der Waals surface area contributed by atoms with Gasteiger partial charge in [0, 0.05) is 24.1 Å². The van der Waals surface area contributed by atoms with Crippen molar-refractivity contribution in [3.63, 3.8) is 0 Å². The summed E-state index contributed by atoms with van der Waals surface area (Å²) in [5.41, 5.74) is 3.05. The second kappa shape index (κ2) is 6.82. The quantitative estimate of drug-likeness (QED) is 0.877. The zero-order chi connectivity index (χ0) is 14.4. The number of carbonyl (C=O) groups excluding carboxylic acids is 1. The van der Waals surface area contributed by atoms with E-state index in [4.69, 9.17) is 0 Å². The lowest BCUT2D eigenvalue weighted by molar-refractivity contribution is -0.115. The van der Waals surface area contributed by atoms with Crippen molar-refractivity contribution in [2.45, 2.75) is 19.9 Å². The predicted octanol–water partition coefficient (Wildman–Crippen LogP) is 2.68. The number of amides is 1. The van der Waals surface area contributed by atoms with Crippen molar-refractivity contribution < 1.29 is 4.79 Å². The minimum absolute atomic E-state index is 0.0513. The molecule has 2 aromatic rings. The molecule has 1 heterocycles. The molecule has 0 saturated carbocycles. The maximum absolute atomic E-state index is 11.8. The van der Waals surface area contributed by atoms with E-state index in [0.29, 0.717) is 0 Å². The van der Waals surface area contributed by atoms with Crippen molar-refractivity contribution in [2.24, 2.45) is 0 Å². The number of aryl methyl sites for hydroxylation is 1. The van der Waals surface area contributed by atoms with Gasteiger partial charge < -0.3 is 10.6 Å². The van der Waals surface area contributed by atoms with E-state index in [2.05, 4.69) is 15.6 Å². The second-order valence-electron chi connectivity index (χ2n) is 4.80. The van der Waals surface area contributed by atoms with E-state index in [0.717, 1.165) is 11.3 Å². The van der Waals surface area contributed by atoms with Gasteiger partial charge in [-0.3, -0.25) is 9.78 Å². The number of hydrogen-bond acceptors (Lipinski definition) is 3. The predicted molar refractivity (Wildman–Crippen MR) is 80.5 cm³/mol. The van der Waals surface area contributed by atoms with E-state index in [1.54, 1.807) is 12.4 Å². The van der Waals surface area contributed by atoms with Gasteiger partial charge in [-0.15, -0.1) is 0 Å². The van der Waals surface area contributed by atoms with Crippen LogP contribution in [0.15, 0.2) is 48.8 Å². The lowest BCUT2D eigenvalue weighted by Gasteiger charge is -2.13. The van der Waals surface area contributed by atoms with Gasteiger partial charge in [0.1, 0.15) is 0 Å². The number of aromatic nitrogens is 1. The number of rotatable bonds is 5. The Hall–Kier alpha value is -2.20. The Balaban J connectivity index is 1.82. The molecule has 0 aliphatic rings. The molecular formula is C16H19N3O. The topological polar surface area (TPSA) is 54.0 Å². The van der Waals surface area contributed by atoms with E-state index in [9.17, 15) is 4.79 Å². The van der Waals surface area contributed by atoms with Gasteiger partial charge in [-0.2, -0.15) is 0 Å². The average Bonchev–Trinajstić information content (AvgIpc) is 2.48. The number of nitrogens with zero attached hydrogens (tertiary/aromatic N) is 1. The van der Waals surface area contributed by atoms with Crippen molar-refractivity contribution in [1.82, 2.24) is 10.3 Å². The number of nitrogens with one attached hydrogen (secondary N) is 2. The fourth-order valence-electron chi connectivity index (χ4n) is 1.84. The summed E-state index contributed by atoms with van der Waals surface area (Å²) in [4.78, 5) is 15.9. The second-order valence-corrected chi connectivity index (χ2v) is 4.80. The molecule has 0 radical (unpaired) electrons. The monoisotopic (exact) mass is 269 g/mol. The first kappa shape index (κ1) is 14.2. The van der Waals surface area contributed by atoms with E-state index in [1.165, 1.54) is 5.56 Å². The molecule has 0 unspecified atom stereocenters. The van der Waals surface area contributed by atoms with Crippen molar-refractivity contribution in [2.75, 3.05) is 11.9 Å². The van der Waals surface area contributed by atoms with Crippen LogP contribution in [0.2, 0.25) is 0 Å². The first-order chi connectivity index (χ1) is 9.65. The van der Waals surface area contributed by atoms with Gasteiger partial charge in [0.25, 0.3) is 0 Å². The molecule has 1 aromatic heterocycles. The van der Waals surface area contributed by atoms with Crippen LogP contribution in [0.5, 0.6) is 0 Å². The fraction of sp³-hybridized carbons (Fsp3) is 0.250. The zero-order valence-corrected chi connectivity index (χ0v) is 11.8. The molecule has 104 valence electrons.